The van der Waals surface area contributed by atoms with Crippen LogP contribution in [-0.4, -0.2) is 15.0 Å². The van der Waals surface area contributed by atoms with Crippen molar-refractivity contribution in [2.24, 2.45) is 0 Å². The van der Waals surface area contributed by atoms with Gasteiger partial charge in [0.2, 0.25) is 0 Å². The SMILES string of the molecule is [2H]c1cc2c(ccc3c2sc2cc([2H])c([2H])c(-c4ccc(-c5nc(-c6cccc(-c7ccccc7)c6)nc(-c6ccc7c(c6)oc6cccc(-c8ccccc8)c67)n5)cc4)c23)c([2H])c1[2H]. The zero-order valence-corrected chi connectivity index (χ0v) is 32.6. The van der Waals surface area contributed by atoms with Gasteiger partial charge in [0.05, 0.1) is 6.85 Å². The maximum atomic E-state index is 9.17. The van der Waals surface area contributed by atoms with E-state index in [4.69, 9.17) is 24.9 Å². The van der Waals surface area contributed by atoms with E-state index >= 15 is 0 Å². The van der Waals surface area contributed by atoms with Crippen molar-refractivity contribution in [1.29, 1.82) is 0 Å². The fourth-order valence-electron chi connectivity index (χ4n) is 8.32. The Morgan fingerprint density at radius 1 is 0.400 bits per heavy atom. The van der Waals surface area contributed by atoms with Gasteiger partial charge in [0.1, 0.15) is 11.2 Å². The van der Waals surface area contributed by atoms with E-state index in [1.165, 1.54) is 11.3 Å². The van der Waals surface area contributed by atoms with E-state index in [1.807, 2.05) is 109 Å². The van der Waals surface area contributed by atoms with Crippen LogP contribution in [0.5, 0.6) is 0 Å². The van der Waals surface area contributed by atoms with Crippen LogP contribution in [0.4, 0.5) is 0 Å². The molecular weight excluding hydrogens is 751 g/mol. The predicted molar refractivity (Wildman–Crippen MR) is 250 cm³/mol. The highest BCUT2D eigenvalue weighted by molar-refractivity contribution is 7.26. The molecule has 0 saturated carbocycles. The van der Waals surface area contributed by atoms with Gasteiger partial charge in [-0.15, -0.1) is 11.3 Å². The third-order valence-electron chi connectivity index (χ3n) is 11.2. The lowest BCUT2D eigenvalue weighted by Gasteiger charge is -2.11. The minimum atomic E-state index is -0.108. The number of benzene rings is 9. The Balaban J connectivity index is 1.00. The molecule has 60 heavy (non-hydrogen) atoms. The summed E-state index contributed by atoms with van der Waals surface area (Å²) in [6.45, 7) is 0. The fourth-order valence-corrected chi connectivity index (χ4v) is 9.53. The summed E-state index contributed by atoms with van der Waals surface area (Å²) in [5, 5.41) is 5.10. The molecule has 5 heteroatoms. The second-order valence-corrected chi connectivity index (χ2v) is 15.8. The zero-order chi connectivity index (χ0) is 43.9. The largest absolute Gasteiger partial charge is 0.456 e. The maximum absolute atomic E-state index is 9.17. The first-order valence-corrected chi connectivity index (χ1v) is 20.5. The zero-order valence-electron chi connectivity index (χ0n) is 36.8. The van der Waals surface area contributed by atoms with Crippen molar-refractivity contribution in [3.05, 3.63) is 200 Å². The molecule has 0 aliphatic heterocycles. The van der Waals surface area contributed by atoms with E-state index in [0.29, 0.717) is 28.4 Å². The van der Waals surface area contributed by atoms with E-state index in [2.05, 4.69) is 48.5 Å². The Kier molecular flexibility index (Phi) is 6.87. The number of aromatic nitrogens is 3. The smallest absolute Gasteiger partial charge is 0.164 e. The molecule has 0 fully saturated rings. The van der Waals surface area contributed by atoms with Crippen LogP contribution >= 0.6 is 11.3 Å². The van der Waals surface area contributed by atoms with E-state index in [1.54, 1.807) is 12.1 Å². The fraction of sp³-hybridized carbons (Fsp3) is 0. The van der Waals surface area contributed by atoms with Crippen LogP contribution in [0.25, 0.3) is 120 Å². The average Bonchev–Trinajstić information content (AvgIpc) is 3.92. The van der Waals surface area contributed by atoms with Gasteiger partial charge in [0, 0.05) is 47.6 Å². The molecule has 0 aliphatic carbocycles. The Bertz CT molecular complexity index is 3890. The molecule has 0 atom stereocenters. The molecule has 0 N–H and O–H groups in total. The lowest BCUT2D eigenvalue weighted by atomic mass is 9.97. The van der Waals surface area contributed by atoms with Crippen molar-refractivity contribution >= 4 is 64.2 Å². The average molecular weight is 789 g/mol. The highest BCUT2D eigenvalue weighted by Crippen LogP contribution is 2.43. The Hall–Kier alpha value is -7.73. The van der Waals surface area contributed by atoms with Gasteiger partial charge < -0.3 is 4.42 Å². The summed E-state index contributed by atoms with van der Waals surface area (Å²) in [5.74, 6) is 1.48. The molecule has 0 amide bonds. The molecule has 0 aliphatic rings. The maximum Gasteiger partial charge on any atom is 0.164 e. The minimum Gasteiger partial charge on any atom is -0.456 e. The summed E-state index contributed by atoms with van der Waals surface area (Å²) in [6.07, 6.45) is 0. The first-order chi connectivity index (χ1) is 31.8. The van der Waals surface area contributed by atoms with Gasteiger partial charge >= 0.3 is 0 Å². The third-order valence-corrected chi connectivity index (χ3v) is 12.4. The van der Waals surface area contributed by atoms with Gasteiger partial charge in [-0.2, -0.15) is 0 Å². The molecule has 0 saturated heterocycles. The number of rotatable bonds is 6. The molecule has 3 heterocycles. The van der Waals surface area contributed by atoms with Gasteiger partial charge in [-0.05, 0) is 74.5 Å². The monoisotopic (exact) mass is 788 g/mol. The van der Waals surface area contributed by atoms with E-state index in [0.717, 1.165) is 92.0 Å². The van der Waals surface area contributed by atoms with Gasteiger partial charge in [-0.3, -0.25) is 0 Å². The minimum absolute atomic E-state index is 0.00771. The van der Waals surface area contributed by atoms with E-state index in [9.17, 15) is 1.37 Å². The van der Waals surface area contributed by atoms with Gasteiger partial charge in [-0.25, -0.2) is 15.0 Å². The molecule has 0 unspecified atom stereocenters. The summed E-state index contributed by atoms with van der Waals surface area (Å²) in [7, 11) is 0. The van der Waals surface area contributed by atoms with Crippen LogP contribution < -0.4 is 0 Å². The third kappa shape index (κ3) is 5.78. The number of fused-ring (bicyclic) bond motifs is 8. The van der Waals surface area contributed by atoms with Crippen molar-refractivity contribution in [3.8, 4) is 67.5 Å². The Morgan fingerprint density at radius 2 is 1.05 bits per heavy atom. The molecular formula is C55H33N3OS. The van der Waals surface area contributed by atoms with Crippen LogP contribution in [0.15, 0.2) is 204 Å². The number of thiophene rings is 1. The second kappa shape index (κ2) is 14.0. The first-order valence-electron chi connectivity index (χ1n) is 22.2. The van der Waals surface area contributed by atoms with Crippen molar-refractivity contribution in [3.63, 3.8) is 0 Å². The second-order valence-electron chi connectivity index (χ2n) is 14.8. The predicted octanol–water partition coefficient (Wildman–Crippen LogP) is 15.3. The number of hydrogen-bond acceptors (Lipinski definition) is 5. The van der Waals surface area contributed by atoms with E-state index < -0.39 is 0 Å². The number of furan rings is 1. The molecule has 9 aromatic carbocycles. The molecule has 3 aromatic heterocycles. The van der Waals surface area contributed by atoms with Crippen molar-refractivity contribution in [2.75, 3.05) is 0 Å². The quantitative estimate of drug-likeness (QED) is 0.168. The standard InChI is InChI=1S/C55H33N3OS/c1-3-12-34(13-4-1)39-17-9-18-40(32-39)54-56-53(57-55(58-54)41-29-30-45-48(33-41)59-47-22-10-20-42(50(45)47)35-14-5-2-6-15-35)38-26-24-37(25-27-38)43-21-11-23-49-51(43)46-31-28-36-16-7-8-19-44(36)52(46)60-49/h1-33H/i7D,8D,11D,16D,21D. The molecule has 4 nitrogen and oxygen atoms in total. The highest BCUT2D eigenvalue weighted by Gasteiger charge is 2.18. The lowest BCUT2D eigenvalue weighted by molar-refractivity contribution is 0.669. The Labute approximate surface area is 356 Å². The van der Waals surface area contributed by atoms with Crippen LogP contribution in [-0.2, 0) is 0 Å². The van der Waals surface area contributed by atoms with Crippen molar-refractivity contribution in [2.45, 2.75) is 0 Å². The number of hydrogen-bond donors (Lipinski definition) is 0. The molecule has 0 spiro atoms. The summed E-state index contributed by atoms with van der Waals surface area (Å²) in [6, 6.07) is 56.1. The molecule has 0 bridgehead atoms. The molecule has 12 rings (SSSR count). The topological polar surface area (TPSA) is 51.8 Å². The van der Waals surface area contributed by atoms with Crippen molar-refractivity contribution in [1.82, 2.24) is 15.0 Å². The molecule has 12 aromatic rings. The summed E-state index contributed by atoms with van der Waals surface area (Å²) in [4.78, 5) is 15.3. The number of nitrogens with zero attached hydrogens (tertiary/aromatic N) is 3. The van der Waals surface area contributed by atoms with Gasteiger partial charge in [0.15, 0.2) is 17.5 Å². The molecule has 0 radical (unpaired) electrons. The summed E-state index contributed by atoms with van der Waals surface area (Å²) in [5.41, 5.74) is 9.61. The molecule has 280 valence electrons. The van der Waals surface area contributed by atoms with Crippen LogP contribution in [0.3, 0.4) is 0 Å². The van der Waals surface area contributed by atoms with E-state index in [-0.39, 0.29) is 30.2 Å². The van der Waals surface area contributed by atoms with Crippen LogP contribution in [0.1, 0.15) is 6.85 Å². The van der Waals surface area contributed by atoms with Gasteiger partial charge in [0.25, 0.3) is 0 Å². The highest BCUT2D eigenvalue weighted by atomic mass is 32.1. The summed E-state index contributed by atoms with van der Waals surface area (Å²) < 4.78 is 51.3. The normalized spacial score (nSPS) is 12.8. The van der Waals surface area contributed by atoms with Gasteiger partial charge in [-0.1, -0.05) is 170 Å². The van der Waals surface area contributed by atoms with Crippen molar-refractivity contribution < 1.29 is 11.3 Å². The Morgan fingerprint density at radius 3 is 1.87 bits per heavy atom. The van der Waals surface area contributed by atoms with Crippen LogP contribution in [0, 0.1) is 0 Å². The first kappa shape index (κ1) is 29.5. The lowest BCUT2D eigenvalue weighted by Crippen LogP contribution is -2.00. The van der Waals surface area contributed by atoms with Crippen LogP contribution in [0.2, 0.25) is 0 Å². The summed E-state index contributed by atoms with van der Waals surface area (Å²) >= 11 is 1.48.